The lowest BCUT2D eigenvalue weighted by atomic mass is 10.0. The second-order valence-electron chi connectivity index (χ2n) is 5.31. The average Bonchev–Trinajstić information content (AvgIpc) is 2.44. The highest BCUT2D eigenvalue weighted by Gasteiger charge is 2.25. The predicted molar refractivity (Wildman–Crippen MR) is 76.3 cm³/mol. The number of rotatable bonds is 5. The highest BCUT2D eigenvalue weighted by molar-refractivity contribution is 5.97. The lowest BCUT2D eigenvalue weighted by molar-refractivity contribution is -0.0975. The van der Waals surface area contributed by atoms with Crippen LogP contribution in [-0.2, 0) is 9.47 Å². The zero-order valence-corrected chi connectivity index (χ0v) is 12.3. The zero-order chi connectivity index (χ0) is 14.5. The first-order valence-electron chi connectivity index (χ1n) is 7.02. The van der Waals surface area contributed by atoms with Gasteiger partial charge in [-0.15, -0.1) is 0 Å². The Morgan fingerprint density at radius 1 is 1.20 bits per heavy atom. The Kier molecular flexibility index (Phi) is 5.15. The third-order valence-electron chi connectivity index (χ3n) is 3.52. The van der Waals surface area contributed by atoms with Gasteiger partial charge in [0.1, 0.15) is 12.4 Å². The van der Waals surface area contributed by atoms with Crippen LogP contribution in [-0.4, -0.2) is 37.8 Å². The van der Waals surface area contributed by atoms with E-state index in [1.807, 2.05) is 13.8 Å². The number of carbonyl (C=O) groups is 1. The first-order chi connectivity index (χ1) is 9.58. The molecule has 2 atom stereocenters. The van der Waals surface area contributed by atoms with E-state index in [2.05, 4.69) is 0 Å². The van der Waals surface area contributed by atoms with Gasteiger partial charge in [0, 0.05) is 5.56 Å². The van der Waals surface area contributed by atoms with E-state index in [0.717, 1.165) is 18.6 Å². The van der Waals surface area contributed by atoms with Crippen LogP contribution in [0.3, 0.4) is 0 Å². The van der Waals surface area contributed by atoms with Gasteiger partial charge in [0.15, 0.2) is 5.78 Å². The van der Waals surface area contributed by atoms with Crippen LogP contribution < -0.4 is 4.74 Å². The minimum Gasteiger partial charge on any atom is -0.497 e. The monoisotopic (exact) mass is 278 g/mol. The molecule has 110 valence electrons. The summed E-state index contributed by atoms with van der Waals surface area (Å²) in [6.45, 7) is 4.20. The van der Waals surface area contributed by atoms with E-state index in [9.17, 15) is 4.79 Å². The molecule has 4 nitrogen and oxygen atoms in total. The van der Waals surface area contributed by atoms with E-state index in [4.69, 9.17) is 14.2 Å². The van der Waals surface area contributed by atoms with Crippen molar-refractivity contribution in [1.29, 1.82) is 0 Å². The molecule has 0 N–H and O–H groups in total. The van der Waals surface area contributed by atoms with E-state index in [-0.39, 0.29) is 30.7 Å². The first kappa shape index (κ1) is 15.0. The number of ketones is 1. The highest BCUT2D eigenvalue weighted by Crippen LogP contribution is 2.22. The molecule has 1 aromatic rings. The summed E-state index contributed by atoms with van der Waals surface area (Å²) in [6, 6.07) is 7.09. The van der Waals surface area contributed by atoms with Crippen LogP contribution in [0.25, 0.3) is 0 Å². The molecule has 0 saturated carbocycles. The summed E-state index contributed by atoms with van der Waals surface area (Å²) >= 11 is 0. The van der Waals surface area contributed by atoms with Crippen molar-refractivity contribution in [3.63, 3.8) is 0 Å². The molecule has 1 heterocycles. The molecule has 0 bridgehead atoms. The van der Waals surface area contributed by atoms with Gasteiger partial charge in [0.05, 0.1) is 25.4 Å². The van der Waals surface area contributed by atoms with Crippen molar-refractivity contribution in [1.82, 2.24) is 0 Å². The van der Waals surface area contributed by atoms with Crippen LogP contribution in [0, 0.1) is 0 Å². The van der Waals surface area contributed by atoms with E-state index in [0.29, 0.717) is 5.56 Å². The maximum Gasteiger partial charge on any atom is 0.188 e. The summed E-state index contributed by atoms with van der Waals surface area (Å²) in [7, 11) is 1.60. The standard InChI is InChI=1S/C16H22O4/c1-11-8-15(9-12(2)20-11)19-10-16(17)13-4-6-14(18-3)7-5-13/h4-7,11-12,15H,8-10H2,1-3H3. The number of ether oxygens (including phenoxy) is 3. The van der Waals surface area contributed by atoms with Crippen LogP contribution in [0.15, 0.2) is 24.3 Å². The smallest absolute Gasteiger partial charge is 0.188 e. The van der Waals surface area contributed by atoms with Crippen LogP contribution >= 0.6 is 0 Å². The third kappa shape index (κ3) is 4.05. The van der Waals surface area contributed by atoms with E-state index < -0.39 is 0 Å². The lowest BCUT2D eigenvalue weighted by Crippen LogP contribution is -2.35. The van der Waals surface area contributed by atoms with Gasteiger partial charge in [-0.05, 0) is 51.0 Å². The first-order valence-corrected chi connectivity index (χ1v) is 7.02. The Bertz CT molecular complexity index is 430. The minimum atomic E-state index is -0.000508. The maximum atomic E-state index is 12.1. The normalized spacial score (nSPS) is 26.2. The van der Waals surface area contributed by atoms with Crippen LogP contribution in [0.2, 0.25) is 0 Å². The summed E-state index contributed by atoms with van der Waals surface area (Å²) < 4.78 is 16.5. The number of methoxy groups -OCH3 is 1. The molecule has 0 amide bonds. The Balaban J connectivity index is 1.85. The van der Waals surface area contributed by atoms with Gasteiger partial charge in [0.2, 0.25) is 0 Å². The van der Waals surface area contributed by atoms with Gasteiger partial charge in [-0.25, -0.2) is 0 Å². The van der Waals surface area contributed by atoms with Gasteiger partial charge in [-0.1, -0.05) is 0 Å². The van der Waals surface area contributed by atoms with Crippen LogP contribution in [0.1, 0.15) is 37.0 Å². The number of hydrogen-bond donors (Lipinski definition) is 0. The van der Waals surface area contributed by atoms with Crippen molar-refractivity contribution in [3.05, 3.63) is 29.8 Å². The molecule has 0 aromatic heterocycles. The number of benzene rings is 1. The summed E-state index contributed by atoms with van der Waals surface area (Å²) in [5, 5.41) is 0. The molecule has 0 spiro atoms. The summed E-state index contributed by atoms with van der Waals surface area (Å²) in [6.07, 6.45) is 2.19. The third-order valence-corrected chi connectivity index (χ3v) is 3.52. The predicted octanol–water partition coefficient (Wildman–Crippen LogP) is 2.85. The summed E-state index contributed by atoms with van der Waals surface area (Å²) in [5.41, 5.74) is 0.652. The van der Waals surface area contributed by atoms with Crippen molar-refractivity contribution in [2.45, 2.75) is 45.0 Å². The van der Waals surface area contributed by atoms with Gasteiger partial charge >= 0.3 is 0 Å². The van der Waals surface area contributed by atoms with E-state index in [1.165, 1.54) is 0 Å². The molecule has 4 heteroatoms. The molecule has 1 saturated heterocycles. The molecule has 1 fully saturated rings. The molecule has 1 aromatic carbocycles. The Morgan fingerprint density at radius 2 is 1.80 bits per heavy atom. The van der Waals surface area contributed by atoms with Crippen molar-refractivity contribution in [2.24, 2.45) is 0 Å². The lowest BCUT2D eigenvalue weighted by Gasteiger charge is -2.31. The molecule has 2 unspecified atom stereocenters. The Hall–Kier alpha value is -1.39. The van der Waals surface area contributed by atoms with E-state index in [1.54, 1.807) is 31.4 Å². The number of hydrogen-bond acceptors (Lipinski definition) is 4. The molecule has 2 rings (SSSR count). The van der Waals surface area contributed by atoms with E-state index >= 15 is 0 Å². The molecule has 1 aliphatic rings. The molecule has 1 aliphatic heterocycles. The summed E-state index contributed by atoms with van der Waals surface area (Å²) in [5.74, 6) is 0.744. The topological polar surface area (TPSA) is 44.8 Å². The Labute approximate surface area is 120 Å². The molecule has 0 aliphatic carbocycles. The summed E-state index contributed by atoms with van der Waals surface area (Å²) in [4.78, 5) is 12.1. The fraction of sp³-hybridized carbons (Fsp3) is 0.562. The second-order valence-corrected chi connectivity index (χ2v) is 5.31. The van der Waals surface area contributed by atoms with Crippen molar-refractivity contribution in [2.75, 3.05) is 13.7 Å². The van der Waals surface area contributed by atoms with Gasteiger partial charge in [0.25, 0.3) is 0 Å². The van der Waals surface area contributed by atoms with Crippen LogP contribution in [0.5, 0.6) is 5.75 Å². The Morgan fingerprint density at radius 3 is 2.35 bits per heavy atom. The zero-order valence-electron chi connectivity index (χ0n) is 12.3. The van der Waals surface area contributed by atoms with Crippen LogP contribution in [0.4, 0.5) is 0 Å². The van der Waals surface area contributed by atoms with Crippen molar-refractivity contribution < 1.29 is 19.0 Å². The fourth-order valence-corrected chi connectivity index (χ4v) is 2.53. The molecular weight excluding hydrogens is 256 g/mol. The average molecular weight is 278 g/mol. The largest absolute Gasteiger partial charge is 0.497 e. The second kappa shape index (κ2) is 6.86. The molecule has 0 radical (unpaired) electrons. The van der Waals surface area contributed by atoms with Crippen molar-refractivity contribution >= 4 is 5.78 Å². The van der Waals surface area contributed by atoms with Gasteiger partial charge < -0.3 is 14.2 Å². The molecular formula is C16H22O4. The van der Waals surface area contributed by atoms with Crippen molar-refractivity contribution in [3.8, 4) is 5.75 Å². The highest BCUT2D eigenvalue weighted by atomic mass is 16.5. The SMILES string of the molecule is COc1ccc(C(=O)COC2CC(C)OC(C)C2)cc1. The fourth-order valence-electron chi connectivity index (χ4n) is 2.53. The number of carbonyl (C=O) groups excluding carboxylic acids is 1. The van der Waals surface area contributed by atoms with Gasteiger partial charge in [-0.3, -0.25) is 4.79 Å². The minimum absolute atomic E-state index is 0.000508. The quantitative estimate of drug-likeness (QED) is 0.777. The number of Topliss-reactive ketones (excluding diaryl/α,β-unsaturated/α-hetero) is 1. The van der Waals surface area contributed by atoms with Gasteiger partial charge in [-0.2, -0.15) is 0 Å². The maximum absolute atomic E-state index is 12.1. The molecule has 20 heavy (non-hydrogen) atoms.